The Morgan fingerprint density at radius 3 is 3.00 bits per heavy atom. The smallest absolute Gasteiger partial charge is 0.146 e. The molecular formula is C19H26N4OS. The van der Waals surface area contributed by atoms with Gasteiger partial charge < -0.3 is 10.1 Å². The molecule has 1 aliphatic heterocycles. The molecule has 1 aliphatic carbocycles. The van der Waals surface area contributed by atoms with Crippen molar-refractivity contribution in [3.05, 3.63) is 28.9 Å². The van der Waals surface area contributed by atoms with Gasteiger partial charge in [-0.25, -0.2) is 9.97 Å². The first kappa shape index (κ1) is 16.9. The largest absolute Gasteiger partial charge is 0.379 e. The lowest BCUT2D eigenvalue weighted by molar-refractivity contribution is 0.0331. The monoisotopic (exact) mass is 358 g/mol. The molecule has 6 heteroatoms. The summed E-state index contributed by atoms with van der Waals surface area (Å²) >= 11 is 1.87. The van der Waals surface area contributed by atoms with Gasteiger partial charge in [0, 0.05) is 24.5 Å². The Balaban J connectivity index is 1.71. The lowest BCUT2D eigenvalue weighted by Gasteiger charge is -2.25. The standard InChI is InChI=1S/C19H26N4OS/c1-3-6-20-18-17-14-5-4-13(2)11-15(14)25-19(17)22-16(21-18)12-23-7-9-24-10-8-23/h3,13H,1,4-12H2,2H3,(H,20,21,22)/t13-/m0/s1. The van der Waals surface area contributed by atoms with Crippen LogP contribution in [-0.4, -0.2) is 47.7 Å². The SMILES string of the molecule is C=CCNc1nc(CN2CCOCC2)nc2sc3c(c12)CC[C@H](C)C3. The van der Waals surface area contributed by atoms with Crippen LogP contribution < -0.4 is 5.32 Å². The molecule has 5 nitrogen and oxygen atoms in total. The fourth-order valence-electron chi connectivity index (χ4n) is 3.71. The number of rotatable bonds is 5. The van der Waals surface area contributed by atoms with E-state index in [1.165, 1.54) is 28.7 Å². The van der Waals surface area contributed by atoms with E-state index in [9.17, 15) is 0 Å². The average Bonchev–Trinajstić information content (AvgIpc) is 2.97. The Morgan fingerprint density at radius 1 is 1.36 bits per heavy atom. The summed E-state index contributed by atoms with van der Waals surface area (Å²) in [5.74, 6) is 2.67. The van der Waals surface area contributed by atoms with E-state index in [-0.39, 0.29) is 0 Å². The molecule has 0 aromatic carbocycles. The van der Waals surface area contributed by atoms with Crippen molar-refractivity contribution in [2.75, 3.05) is 38.2 Å². The minimum atomic E-state index is 0.726. The Kier molecular flexibility index (Phi) is 5.01. The summed E-state index contributed by atoms with van der Waals surface area (Å²) in [6.45, 7) is 11.2. The van der Waals surface area contributed by atoms with Crippen molar-refractivity contribution in [1.82, 2.24) is 14.9 Å². The first-order chi connectivity index (χ1) is 12.2. The molecule has 134 valence electrons. The summed E-state index contributed by atoms with van der Waals surface area (Å²) < 4.78 is 5.45. The molecule has 0 bridgehead atoms. The van der Waals surface area contributed by atoms with Crippen LogP contribution in [0.2, 0.25) is 0 Å². The second-order valence-corrected chi connectivity index (χ2v) is 8.16. The van der Waals surface area contributed by atoms with Crippen LogP contribution in [0, 0.1) is 5.92 Å². The van der Waals surface area contributed by atoms with E-state index < -0.39 is 0 Å². The highest BCUT2D eigenvalue weighted by Crippen LogP contribution is 2.40. The number of aryl methyl sites for hydroxylation is 1. The third kappa shape index (κ3) is 3.57. The van der Waals surface area contributed by atoms with Crippen LogP contribution >= 0.6 is 11.3 Å². The predicted octanol–water partition coefficient (Wildman–Crippen LogP) is 3.25. The summed E-state index contributed by atoms with van der Waals surface area (Å²) in [6, 6.07) is 0. The van der Waals surface area contributed by atoms with Crippen LogP contribution in [0.5, 0.6) is 0 Å². The van der Waals surface area contributed by atoms with E-state index >= 15 is 0 Å². The molecule has 2 aliphatic rings. The minimum Gasteiger partial charge on any atom is -0.379 e. The maximum absolute atomic E-state index is 5.45. The zero-order chi connectivity index (χ0) is 17.2. The van der Waals surface area contributed by atoms with E-state index in [0.29, 0.717) is 0 Å². The van der Waals surface area contributed by atoms with Gasteiger partial charge in [-0.15, -0.1) is 17.9 Å². The Hall–Kier alpha value is -1.50. The molecule has 2 aromatic rings. The van der Waals surface area contributed by atoms with Crippen LogP contribution in [0.4, 0.5) is 5.82 Å². The lowest BCUT2D eigenvalue weighted by Crippen LogP contribution is -2.36. The number of hydrogen-bond donors (Lipinski definition) is 1. The molecule has 0 radical (unpaired) electrons. The van der Waals surface area contributed by atoms with Gasteiger partial charge in [0.05, 0.1) is 25.1 Å². The number of anilines is 1. The highest BCUT2D eigenvalue weighted by Gasteiger charge is 2.24. The maximum atomic E-state index is 5.45. The third-order valence-electron chi connectivity index (χ3n) is 5.08. The van der Waals surface area contributed by atoms with E-state index in [2.05, 4.69) is 23.7 Å². The van der Waals surface area contributed by atoms with E-state index in [1.807, 2.05) is 17.4 Å². The molecule has 2 aromatic heterocycles. The fraction of sp³-hybridized carbons (Fsp3) is 0.579. The minimum absolute atomic E-state index is 0.726. The van der Waals surface area contributed by atoms with Crippen LogP contribution in [0.25, 0.3) is 10.2 Å². The zero-order valence-corrected chi connectivity index (χ0v) is 15.7. The molecule has 1 fully saturated rings. The van der Waals surface area contributed by atoms with Crippen LogP contribution in [-0.2, 0) is 24.1 Å². The number of aromatic nitrogens is 2. The van der Waals surface area contributed by atoms with Gasteiger partial charge in [0.1, 0.15) is 16.5 Å². The molecule has 25 heavy (non-hydrogen) atoms. The van der Waals surface area contributed by atoms with Gasteiger partial charge in [-0.1, -0.05) is 13.0 Å². The van der Waals surface area contributed by atoms with E-state index in [0.717, 1.165) is 68.2 Å². The van der Waals surface area contributed by atoms with Gasteiger partial charge in [-0.2, -0.15) is 0 Å². The first-order valence-electron chi connectivity index (χ1n) is 9.20. The van der Waals surface area contributed by atoms with Crippen molar-refractivity contribution in [3.8, 4) is 0 Å². The summed E-state index contributed by atoms with van der Waals surface area (Å²) in [5.41, 5.74) is 1.47. The number of thiophene rings is 1. The molecule has 1 N–H and O–H groups in total. The van der Waals surface area contributed by atoms with Gasteiger partial charge in [-0.3, -0.25) is 4.90 Å². The normalized spacial score (nSPS) is 21.2. The van der Waals surface area contributed by atoms with E-state index in [4.69, 9.17) is 14.7 Å². The summed E-state index contributed by atoms with van der Waals surface area (Å²) in [6.07, 6.45) is 5.47. The van der Waals surface area contributed by atoms with Crippen molar-refractivity contribution in [3.63, 3.8) is 0 Å². The number of morpholine rings is 1. The van der Waals surface area contributed by atoms with Gasteiger partial charge in [0.25, 0.3) is 0 Å². The van der Waals surface area contributed by atoms with Crippen molar-refractivity contribution >= 4 is 27.4 Å². The molecule has 3 heterocycles. The van der Waals surface area contributed by atoms with Crippen LogP contribution in [0.1, 0.15) is 29.6 Å². The predicted molar refractivity (Wildman–Crippen MR) is 103 cm³/mol. The maximum Gasteiger partial charge on any atom is 0.146 e. The zero-order valence-electron chi connectivity index (χ0n) is 14.9. The molecule has 0 spiro atoms. The molecule has 4 rings (SSSR count). The molecule has 0 amide bonds. The Labute approximate surface area is 153 Å². The molecule has 1 atom stereocenters. The number of nitrogens with zero attached hydrogens (tertiary/aromatic N) is 3. The van der Waals surface area contributed by atoms with Gasteiger partial charge in [0.15, 0.2) is 0 Å². The lowest BCUT2D eigenvalue weighted by atomic mass is 9.89. The summed E-state index contributed by atoms with van der Waals surface area (Å²) in [5, 5.41) is 4.71. The first-order valence-corrected chi connectivity index (χ1v) is 10.0. The van der Waals surface area contributed by atoms with Crippen molar-refractivity contribution in [2.45, 2.75) is 32.7 Å². The number of hydrogen-bond acceptors (Lipinski definition) is 6. The summed E-state index contributed by atoms with van der Waals surface area (Å²) in [7, 11) is 0. The molecule has 1 saturated heterocycles. The Bertz CT molecular complexity index is 766. The highest BCUT2D eigenvalue weighted by molar-refractivity contribution is 7.19. The van der Waals surface area contributed by atoms with Gasteiger partial charge in [0.2, 0.25) is 0 Å². The van der Waals surface area contributed by atoms with Crippen molar-refractivity contribution in [1.29, 1.82) is 0 Å². The average molecular weight is 359 g/mol. The third-order valence-corrected chi connectivity index (χ3v) is 6.23. The second-order valence-electron chi connectivity index (χ2n) is 7.08. The van der Waals surface area contributed by atoms with Gasteiger partial charge >= 0.3 is 0 Å². The fourth-order valence-corrected chi connectivity index (χ4v) is 5.11. The highest BCUT2D eigenvalue weighted by atomic mass is 32.1. The van der Waals surface area contributed by atoms with Crippen LogP contribution in [0.15, 0.2) is 12.7 Å². The van der Waals surface area contributed by atoms with Crippen molar-refractivity contribution in [2.24, 2.45) is 5.92 Å². The summed E-state index contributed by atoms with van der Waals surface area (Å²) in [4.78, 5) is 14.8. The molecular weight excluding hydrogens is 332 g/mol. The molecule has 0 saturated carbocycles. The number of nitrogens with one attached hydrogen (secondary N) is 1. The van der Waals surface area contributed by atoms with Crippen LogP contribution in [0.3, 0.4) is 0 Å². The number of ether oxygens (including phenoxy) is 1. The van der Waals surface area contributed by atoms with Crippen molar-refractivity contribution < 1.29 is 4.74 Å². The Morgan fingerprint density at radius 2 is 2.20 bits per heavy atom. The number of fused-ring (bicyclic) bond motifs is 3. The topological polar surface area (TPSA) is 50.3 Å². The second kappa shape index (κ2) is 7.40. The van der Waals surface area contributed by atoms with Gasteiger partial charge in [-0.05, 0) is 30.7 Å². The van der Waals surface area contributed by atoms with E-state index in [1.54, 1.807) is 0 Å². The molecule has 0 unspecified atom stereocenters. The quantitative estimate of drug-likeness (QED) is 0.832.